The predicted octanol–water partition coefficient (Wildman–Crippen LogP) is 3.36. The molecule has 1 rings (SSSR count). The van der Waals surface area contributed by atoms with E-state index >= 15 is 0 Å². The molecule has 0 aliphatic rings. The second-order valence-corrected chi connectivity index (χ2v) is 5.08. The highest BCUT2D eigenvalue weighted by Crippen LogP contribution is 2.25. The van der Waals surface area contributed by atoms with Crippen molar-refractivity contribution >= 4 is 5.69 Å². The Kier molecular flexibility index (Phi) is 6.26. The van der Waals surface area contributed by atoms with Crippen molar-refractivity contribution in [2.45, 2.75) is 46.0 Å². The van der Waals surface area contributed by atoms with Crippen LogP contribution in [0.25, 0.3) is 0 Å². The molecule has 0 aromatic carbocycles. The molecule has 0 saturated heterocycles. The zero-order chi connectivity index (χ0) is 15.2. The van der Waals surface area contributed by atoms with Crippen LogP contribution in [0.2, 0.25) is 0 Å². The normalized spacial score (nSPS) is 11.9. The van der Waals surface area contributed by atoms with E-state index in [0.29, 0.717) is 25.2 Å². The third kappa shape index (κ3) is 5.77. The molecule has 0 saturated carbocycles. The molecule has 1 N–H and O–H groups in total. The Bertz CT molecular complexity index is 405. The van der Waals surface area contributed by atoms with Crippen LogP contribution in [0.4, 0.5) is 18.9 Å². The summed E-state index contributed by atoms with van der Waals surface area (Å²) in [5, 5.41) is 3.23. The van der Waals surface area contributed by atoms with Crippen molar-refractivity contribution in [3.8, 4) is 0 Å². The average Bonchev–Trinajstić information content (AvgIpc) is 2.34. The summed E-state index contributed by atoms with van der Waals surface area (Å²) in [5.74, 6) is 0. The van der Waals surface area contributed by atoms with Crippen molar-refractivity contribution in [1.29, 1.82) is 0 Å². The number of anilines is 1. The molecule has 6 heteroatoms. The number of alkyl halides is 3. The average molecular weight is 289 g/mol. The predicted molar refractivity (Wildman–Crippen MR) is 74.8 cm³/mol. The maximum atomic E-state index is 12.7. The first kappa shape index (κ1) is 16.8. The van der Waals surface area contributed by atoms with Gasteiger partial charge in [0.2, 0.25) is 0 Å². The quantitative estimate of drug-likeness (QED) is 0.834. The molecular formula is C14H22F3N3. The third-order valence-corrected chi connectivity index (χ3v) is 2.79. The third-order valence-electron chi connectivity index (χ3n) is 2.79. The highest BCUT2D eigenvalue weighted by Gasteiger charge is 2.31. The highest BCUT2D eigenvalue weighted by molar-refractivity contribution is 5.51. The molecule has 0 amide bonds. The maximum Gasteiger partial charge on any atom is 0.405 e. The lowest BCUT2D eigenvalue weighted by Gasteiger charge is -2.27. The molecule has 1 aromatic heterocycles. The molecule has 0 radical (unpaired) electrons. The monoisotopic (exact) mass is 289 g/mol. The number of halogens is 3. The van der Waals surface area contributed by atoms with E-state index in [2.05, 4.69) is 10.3 Å². The van der Waals surface area contributed by atoms with Crippen molar-refractivity contribution in [2.75, 3.05) is 18.0 Å². The van der Waals surface area contributed by atoms with Crippen LogP contribution in [0.5, 0.6) is 0 Å². The molecule has 0 aliphatic carbocycles. The minimum absolute atomic E-state index is 0.276. The molecule has 0 unspecified atom stereocenters. The van der Waals surface area contributed by atoms with Gasteiger partial charge in [0.15, 0.2) is 0 Å². The van der Waals surface area contributed by atoms with Gasteiger partial charge < -0.3 is 10.2 Å². The van der Waals surface area contributed by atoms with Crippen LogP contribution in [0.15, 0.2) is 18.5 Å². The van der Waals surface area contributed by atoms with Gasteiger partial charge >= 0.3 is 6.18 Å². The zero-order valence-electron chi connectivity index (χ0n) is 12.2. The number of nitrogens with one attached hydrogen (secondary N) is 1. The van der Waals surface area contributed by atoms with Gasteiger partial charge in [-0.2, -0.15) is 13.2 Å². The molecule has 0 fully saturated rings. The number of aromatic nitrogens is 1. The Balaban J connectivity index is 2.94. The van der Waals surface area contributed by atoms with Crippen LogP contribution in [-0.4, -0.2) is 30.3 Å². The zero-order valence-corrected chi connectivity index (χ0v) is 12.2. The fourth-order valence-corrected chi connectivity index (χ4v) is 1.93. The molecule has 0 atom stereocenters. The van der Waals surface area contributed by atoms with E-state index in [4.69, 9.17) is 0 Å². The molecule has 1 heterocycles. The standard InChI is InChI=1S/C14H22F3N3/c1-4-7-20(10-14(15,16)17)13-9-18-6-5-12(13)8-19-11(2)3/h5-6,9,11,19H,4,7-8,10H2,1-3H3. The minimum Gasteiger partial charge on any atom is -0.361 e. The van der Waals surface area contributed by atoms with Crippen LogP contribution in [-0.2, 0) is 6.54 Å². The number of hydrogen-bond acceptors (Lipinski definition) is 3. The smallest absolute Gasteiger partial charge is 0.361 e. The highest BCUT2D eigenvalue weighted by atomic mass is 19.4. The van der Waals surface area contributed by atoms with Crippen LogP contribution in [0, 0.1) is 0 Å². The molecule has 0 spiro atoms. The van der Waals surface area contributed by atoms with Gasteiger partial charge in [-0.05, 0) is 18.1 Å². The topological polar surface area (TPSA) is 28.2 Å². The van der Waals surface area contributed by atoms with E-state index in [0.717, 1.165) is 5.56 Å². The summed E-state index contributed by atoms with van der Waals surface area (Å²) in [6, 6.07) is 2.04. The second kappa shape index (κ2) is 7.47. The molecule has 114 valence electrons. The van der Waals surface area contributed by atoms with E-state index in [1.165, 1.54) is 11.1 Å². The minimum atomic E-state index is -4.21. The van der Waals surface area contributed by atoms with Crippen LogP contribution in [0.3, 0.4) is 0 Å². The largest absolute Gasteiger partial charge is 0.405 e. The van der Waals surface area contributed by atoms with E-state index in [-0.39, 0.29) is 6.04 Å². The van der Waals surface area contributed by atoms with Crippen LogP contribution < -0.4 is 10.2 Å². The van der Waals surface area contributed by atoms with Crippen molar-refractivity contribution in [1.82, 2.24) is 10.3 Å². The van der Waals surface area contributed by atoms with Gasteiger partial charge in [0.25, 0.3) is 0 Å². The lowest BCUT2D eigenvalue weighted by molar-refractivity contribution is -0.119. The summed E-state index contributed by atoms with van der Waals surface area (Å²) in [5.41, 5.74) is 1.39. The van der Waals surface area contributed by atoms with Crippen LogP contribution >= 0.6 is 0 Å². The van der Waals surface area contributed by atoms with Gasteiger partial charge in [0.05, 0.1) is 11.9 Å². The number of rotatable bonds is 7. The summed E-state index contributed by atoms with van der Waals surface area (Å²) in [6.45, 7) is 5.82. The van der Waals surface area contributed by atoms with Crippen molar-refractivity contribution in [3.63, 3.8) is 0 Å². The first-order chi connectivity index (χ1) is 9.33. The number of hydrogen-bond donors (Lipinski definition) is 1. The fraction of sp³-hybridized carbons (Fsp3) is 0.643. The Labute approximate surface area is 118 Å². The Morgan fingerprint density at radius 3 is 2.60 bits per heavy atom. The molecule has 1 aromatic rings. The van der Waals surface area contributed by atoms with Crippen LogP contribution in [0.1, 0.15) is 32.8 Å². The van der Waals surface area contributed by atoms with E-state index in [1.54, 1.807) is 12.3 Å². The summed E-state index contributed by atoms with van der Waals surface area (Å²) in [4.78, 5) is 5.32. The van der Waals surface area contributed by atoms with Gasteiger partial charge in [-0.1, -0.05) is 20.8 Å². The van der Waals surface area contributed by atoms with E-state index < -0.39 is 12.7 Å². The fourth-order valence-electron chi connectivity index (χ4n) is 1.93. The molecule has 0 aliphatic heterocycles. The first-order valence-corrected chi connectivity index (χ1v) is 6.81. The number of nitrogens with zero attached hydrogens (tertiary/aromatic N) is 2. The summed E-state index contributed by atoms with van der Waals surface area (Å²) in [6.07, 6.45) is -0.437. The summed E-state index contributed by atoms with van der Waals surface area (Å²) in [7, 11) is 0. The SMILES string of the molecule is CCCN(CC(F)(F)F)c1cnccc1CNC(C)C. The lowest BCUT2D eigenvalue weighted by Crippen LogP contribution is -2.36. The van der Waals surface area contributed by atoms with Crippen molar-refractivity contribution < 1.29 is 13.2 Å². The van der Waals surface area contributed by atoms with Gasteiger partial charge in [-0.25, -0.2) is 0 Å². The Morgan fingerprint density at radius 1 is 1.35 bits per heavy atom. The van der Waals surface area contributed by atoms with E-state index in [9.17, 15) is 13.2 Å². The van der Waals surface area contributed by atoms with Gasteiger partial charge in [-0.15, -0.1) is 0 Å². The Morgan fingerprint density at radius 2 is 2.05 bits per heavy atom. The second-order valence-electron chi connectivity index (χ2n) is 5.08. The first-order valence-electron chi connectivity index (χ1n) is 6.81. The van der Waals surface area contributed by atoms with E-state index in [1.807, 2.05) is 20.8 Å². The van der Waals surface area contributed by atoms with Crippen molar-refractivity contribution in [3.05, 3.63) is 24.0 Å². The van der Waals surface area contributed by atoms with Gasteiger partial charge in [0, 0.05) is 25.3 Å². The summed E-state index contributed by atoms with van der Waals surface area (Å²) >= 11 is 0. The lowest BCUT2D eigenvalue weighted by atomic mass is 10.2. The van der Waals surface area contributed by atoms with Gasteiger partial charge in [0.1, 0.15) is 6.54 Å². The van der Waals surface area contributed by atoms with Gasteiger partial charge in [-0.3, -0.25) is 4.98 Å². The Hall–Kier alpha value is -1.30. The molecule has 20 heavy (non-hydrogen) atoms. The number of pyridine rings is 1. The molecule has 3 nitrogen and oxygen atoms in total. The molecule has 0 bridgehead atoms. The maximum absolute atomic E-state index is 12.7. The summed E-state index contributed by atoms with van der Waals surface area (Å²) < 4.78 is 38.0. The molecular weight excluding hydrogens is 267 g/mol. The van der Waals surface area contributed by atoms with Crippen molar-refractivity contribution in [2.24, 2.45) is 0 Å².